The molecule has 0 amide bonds. The van der Waals surface area contributed by atoms with Crippen molar-refractivity contribution in [1.29, 1.82) is 0 Å². The maximum atomic E-state index is 3.69. The molecule has 0 aliphatic carbocycles. The smallest absolute Gasteiger partial charge is 0.0714 e. The van der Waals surface area contributed by atoms with E-state index >= 15 is 0 Å². The van der Waals surface area contributed by atoms with Gasteiger partial charge in [-0.05, 0) is 32.1 Å². The number of alkyl halides is 2. The summed E-state index contributed by atoms with van der Waals surface area (Å²) in [5, 5.41) is 3.69. The van der Waals surface area contributed by atoms with E-state index in [0.29, 0.717) is 4.05 Å². The van der Waals surface area contributed by atoms with Crippen LogP contribution in [0.15, 0.2) is 12.2 Å². The van der Waals surface area contributed by atoms with E-state index in [9.17, 15) is 0 Å². The fourth-order valence-corrected chi connectivity index (χ4v) is 3.16. The summed E-state index contributed by atoms with van der Waals surface area (Å²) in [5.41, 5.74) is 0. The fourth-order valence-electron chi connectivity index (χ4n) is 1.73. The van der Waals surface area contributed by atoms with Crippen molar-refractivity contribution in [3.8, 4) is 0 Å². The van der Waals surface area contributed by atoms with Gasteiger partial charge in [-0.25, -0.2) is 0 Å². The summed E-state index contributed by atoms with van der Waals surface area (Å²) in [7, 11) is 0. The lowest BCUT2D eigenvalue weighted by atomic mass is 10.0. The van der Waals surface area contributed by atoms with Crippen LogP contribution < -0.4 is 5.32 Å². The first-order valence-corrected chi connectivity index (χ1v) is 7.92. The van der Waals surface area contributed by atoms with Gasteiger partial charge in [-0.3, -0.25) is 0 Å². The summed E-state index contributed by atoms with van der Waals surface area (Å²) in [5.74, 6) is 0. The van der Waals surface area contributed by atoms with Crippen LogP contribution in [0, 0.1) is 0 Å². The van der Waals surface area contributed by atoms with E-state index in [1.165, 1.54) is 32.1 Å². The van der Waals surface area contributed by atoms with Gasteiger partial charge >= 0.3 is 0 Å². The van der Waals surface area contributed by atoms with Crippen LogP contribution in [-0.4, -0.2) is 14.0 Å². The summed E-state index contributed by atoms with van der Waals surface area (Å²) < 4.78 is 1.48. The molecule has 1 nitrogen and oxygen atoms in total. The molecule has 0 aromatic carbocycles. The monoisotopic (exact) mass is 419 g/mol. The highest BCUT2D eigenvalue weighted by molar-refractivity contribution is 14.1. The van der Waals surface area contributed by atoms with E-state index in [0.717, 1.165) is 9.97 Å². The molecule has 3 heteroatoms. The zero-order valence-corrected chi connectivity index (χ0v) is 13.0. The van der Waals surface area contributed by atoms with Crippen molar-refractivity contribution in [2.45, 2.75) is 53.0 Å². The summed E-state index contributed by atoms with van der Waals surface area (Å²) in [6.45, 7) is 2.19. The van der Waals surface area contributed by atoms with E-state index in [-0.39, 0.29) is 0 Å². The molecule has 14 heavy (non-hydrogen) atoms. The molecular formula is C11H19I2N. The third-order valence-corrected chi connectivity index (χ3v) is 6.53. The van der Waals surface area contributed by atoms with Gasteiger partial charge in [-0.2, -0.15) is 0 Å². The van der Waals surface area contributed by atoms with Crippen LogP contribution in [0.2, 0.25) is 0 Å². The summed E-state index contributed by atoms with van der Waals surface area (Å²) in [6.07, 6.45) is 11.0. The van der Waals surface area contributed by atoms with Gasteiger partial charge in [0.15, 0.2) is 0 Å². The Morgan fingerprint density at radius 2 is 2.07 bits per heavy atom. The molecule has 1 fully saturated rings. The van der Waals surface area contributed by atoms with Crippen LogP contribution >= 0.6 is 45.2 Å². The number of nitrogens with one attached hydrogen (secondary N) is 1. The molecule has 0 aromatic heterocycles. The Kier molecular flexibility index (Phi) is 7.02. The minimum Gasteiger partial charge on any atom is -0.302 e. The number of hydrogen-bond acceptors (Lipinski definition) is 1. The number of hydrogen-bond donors (Lipinski definition) is 1. The Balaban J connectivity index is 2.16. The van der Waals surface area contributed by atoms with Crippen LogP contribution in [0.25, 0.3) is 0 Å². The minimum atomic E-state index is 0.669. The second kappa shape index (κ2) is 7.44. The molecule has 0 spiro atoms. The van der Waals surface area contributed by atoms with Crippen LogP contribution in [0.5, 0.6) is 0 Å². The van der Waals surface area contributed by atoms with Crippen LogP contribution in [-0.2, 0) is 0 Å². The van der Waals surface area contributed by atoms with Crippen LogP contribution in [0.4, 0.5) is 0 Å². The largest absolute Gasteiger partial charge is 0.302 e. The quantitative estimate of drug-likeness (QED) is 0.314. The second-order valence-corrected chi connectivity index (χ2v) is 6.76. The number of piperidine rings is 1. The summed E-state index contributed by atoms with van der Waals surface area (Å²) in [4.78, 5) is 0. The predicted octanol–water partition coefficient (Wildman–Crippen LogP) is 4.05. The SMILES string of the molecule is CC/C=C\CC[C@H]1CC[C@H](I)[C@@H](I)N1. The first kappa shape index (κ1) is 13.2. The molecule has 0 radical (unpaired) electrons. The molecule has 82 valence electrons. The molecule has 1 heterocycles. The van der Waals surface area contributed by atoms with Crippen molar-refractivity contribution < 1.29 is 0 Å². The maximum Gasteiger partial charge on any atom is 0.0714 e. The van der Waals surface area contributed by atoms with Gasteiger partial charge in [0.05, 0.1) is 4.05 Å². The van der Waals surface area contributed by atoms with Gasteiger partial charge in [0.2, 0.25) is 0 Å². The third kappa shape index (κ3) is 4.79. The third-order valence-electron chi connectivity index (χ3n) is 2.59. The van der Waals surface area contributed by atoms with Gasteiger partial charge < -0.3 is 5.32 Å². The van der Waals surface area contributed by atoms with Crippen LogP contribution in [0.3, 0.4) is 0 Å². The molecule has 1 aliphatic rings. The molecule has 1 rings (SSSR count). The van der Waals surface area contributed by atoms with E-state index in [1.54, 1.807) is 0 Å². The average molecular weight is 419 g/mol. The van der Waals surface area contributed by atoms with E-state index in [2.05, 4.69) is 69.6 Å². The van der Waals surface area contributed by atoms with Crippen LogP contribution in [0.1, 0.15) is 39.0 Å². The van der Waals surface area contributed by atoms with Crippen molar-refractivity contribution in [2.75, 3.05) is 0 Å². The maximum absolute atomic E-state index is 3.69. The Morgan fingerprint density at radius 1 is 1.29 bits per heavy atom. The van der Waals surface area contributed by atoms with Crippen molar-refractivity contribution in [2.24, 2.45) is 0 Å². The summed E-state index contributed by atoms with van der Waals surface area (Å²) in [6, 6.07) is 0.754. The lowest BCUT2D eigenvalue weighted by Crippen LogP contribution is -2.44. The zero-order valence-electron chi connectivity index (χ0n) is 8.68. The molecule has 1 N–H and O–H groups in total. The number of allylic oxidation sites excluding steroid dienone is 2. The highest BCUT2D eigenvalue weighted by Gasteiger charge is 2.24. The topological polar surface area (TPSA) is 12.0 Å². The standard InChI is InChI=1S/C11H19I2N/c1-2-3-4-5-6-9-7-8-10(12)11(13)14-9/h3-4,9-11,14H,2,5-8H2,1H3/b4-3-/t9-,10-,11-/m0/s1. The summed E-state index contributed by atoms with van der Waals surface area (Å²) >= 11 is 5.09. The van der Waals surface area contributed by atoms with Crippen molar-refractivity contribution >= 4 is 45.2 Å². The lowest BCUT2D eigenvalue weighted by molar-refractivity contribution is 0.388. The lowest BCUT2D eigenvalue weighted by Gasteiger charge is -2.31. The minimum absolute atomic E-state index is 0.669. The molecular weight excluding hydrogens is 400 g/mol. The predicted molar refractivity (Wildman–Crippen MR) is 80.4 cm³/mol. The average Bonchev–Trinajstić information content (AvgIpc) is 2.18. The van der Waals surface area contributed by atoms with Gasteiger partial charge in [0, 0.05) is 9.97 Å². The van der Waals surface area contributed by atoms with Gasteiger partial charge in [0.1, 0.15) is 0 Å². The zero-order chi connectivity index (χ0) is 10.4. The fraction of sp³-hybridized carbons (Fsp3) is 0.818. The number of rotatable bonds is 4. The first-order valence-electron chi connectivity index (χ1n) is 5.43. The first-order chi connectivity index (χ1) is 6.74. The highest BCUT2D eigenvalue weighted by atomic mass is 127. The molecule has 0 saturated carbocycles. The molecule has 1 saturated heterocycles. The van der Waals surface area contributed by atoms with E-state index < -0.39 is 0 Å². The van der Waals surface area contributed by atoms with E-state index in [4.69, 9.17) is 0 Å². The van der Waals surface area contributed by atoms with Gasteiger partial charge in [-0.15, -0.1) is 0 Å². The highest BCUT2D eigenvalue weighted by Crippen LogP contribution is 2.26. The molecule has 0 aromatic rings. The van der Waals surface area contributed by atoms with Crippen molar-refractivity contribution in [1.82, 2.24) is 5.32 Å². The Morgan fingerprint density at radius 3 is 2.71 bits per heavy atom. The molecule has 0 bridgehead atoms. The Hall–Kier alpha value is 1.16. The van der Waals surface area contributed by atoms with Gasteiger partial charge in [-0.1, -0.05) is 64.3 Å². The normalized spacial score (nSPS) is 33.8. The molecule has 3 atom stereocenters. The molecule has 0 unspecified atom stereocenters. The van der Waals surface area contributed by atoms with Gasteiger partial charge in [0.25, 0.3) is 0 Å². The second-order valence-electron chi connectivity index (χ2n) is 3.82. The van der Waals surface area contributed by atoms with E-state index in [1.807, 2.05) is 0 Å². The molecule has 1 aliphatic heterocycles. The Bertz CT molecular complexity index is 182. The number of halogens is 2. The van der Waals surface area contributed by atoms with Crippen molar-refractivity contribution in [3.63, 3.8) is 0 Å². The van der Waals surface area contributed by atoms with Crippen molar-refractivity contribution in [3.05, 3.63) is 12.2 Å². The Labute approximate surface area is 115 Å².